The monoisotopic (exact) mass is 330 g/mol. The van der Waals surface area contributed by atoms with Gasteiger partial charge in [-0.15, -0.1) is 0 Å². The molecule has 0 amide bonds. The number of hydrogen-bond donors (Lipinski definition) is 2. The predicted molar refractivity (Wildman–Crippen MR) is 93.2 cm³/mol. The number of benzene rings is 1. The first-order valence-electron chi connectivity index (χ1n) is 7.93. The van der Waals surface area contributed by atoms with Crippen molar-refractivity contribution in [2.75, 3.05) is 20.2 Å². The van der Waals surface area contributed by atoms with Crippen LogP contribution in [0.2, 0.25) is 0 Å². The molecule has 2 aromatic rings. The largest absolute Gasteiger partial charge is 0.375 e. The fourth-order valence-corrected chi connectivity index (χ4v) is 2.20. The average molecular weight is 330 g/mol. The topological polar surface area (TPSA) is 58.5 Å². The van der Waals surface area contributed by atoms with E-state index in [0.717, 1.165) is 17.8 Å². The molecule has 0 spiro atoms. The van der Waals surface area contributed by atoms with Gasteiger partial charge in [-0.2, -0.15) is 0 Å². The molecule has 0 saturated heterocycles. The molecular formula is C18H23FN4O. The van der Waals surface area contributed by atoms with Crippen LogP contribution in [0.15, 0.2) is 53.7 Å². The Morgan fingerprint density at radius 2 is 2.00 bits per heavy atom. The first-order valence-corrected chi connectivity index (χ1v) is 7.93. The van der Waals surface area contributed by atoms with Crippen molar-refractivity contribution in [3.05, 3.63) is 65.7 Å². The number of hydrogen-bond acceptors (Lipinski definition) is 3. The Bertz CT molecular complexity index is 631. The molecule has 128 valence electrons. The number of halogens is 1. The highest BCUT2D eigenvalue weighted by Crippen LogP contribution is 2.16. The molecule has 1 unspecified atom stereocenters. The minimum absolute atomic E-state index is 0.190. The van der Waals surface area contributed by atoms with Crippen molar-refractivity contribution in [1.29, 1.82) is 0 Å². The first kappa shape index (κ1) is 17.9. The summed E-state index contributed by atoms with van der Waals surface area (Å²) < 4.78 is 18.5. The van der Waals surface area contributed by atoms with Crippen molar-refractivity contribution < 1.29 is 9.13 Å². The van der Waals surface area contributed by atoms with Crippen LogP contribution < -0.4 is 10.6 Å². The highest BCUT2D eigenvalue weighted by Gasteiger charge is 2.11. The maximum atomic E-state index is 13.0. The maximum Gasteiger partial charge on any atom is 0.191 e. The Hall–Kier alpha value is -2.47. The summed E-state index contributed by atoms with van der Waals surface area (Å²) in [6.07, 6.45) is 1.56. The van der Waals surface area contributed by atoms with Crippen LogP contribution in [0, 0.1) is 5.82 Å². The lowest BCUT2D eigenvalue weighted by molar-refractivity contribution is 0.106. The van der Waals surface area contributed by atoms with Crippen molar-refractivity contribution in [2.24, 2.45) is 4.99 Å². The Labute approximate surface area is 142 Å². The van der Waals surface area contributed by atoms with Crippen molar-refractivity contribution >= 4 is 5.96 Å². The van der Waals surface area contributed by atoms with E-state index in [-0.39, 0.29) is 11.9 Å². The maximum absolute atomic E-state index is 13.0. The van der Waals surface area contributed by atoms with E-state index < -0.39 is 0 Å². The molecule has 1 aromatic carbocycles. The molecular weight excluding hydrogens is 307 g/mol. The lowest BCUT2D eigenvalue weighted by atomic mass is 10.1. The van der Waals surface area contributed by atoms with Gasteiger partial charge < -0.3 is 15.4 Å². The fraction of sp³-hybridized carbons (Fsp3) is 0.333. The molecule has 2 N–H and O–H groups in total. The number of rotatable bonds is 7. The number of nitrogens with zero attached hydrogens (tertiary/aromatic N) is 2. The molecule has 6 heteroatoms. The summed E-state index contributed by atoms with van der Waals surface area (Å²) in [4.78, 5) is 8.77. The van der Waals surface area contributed by atoms with Gasteiger partial charge in [0.05, 0.1) is 18.3 Å². The van der Waals surface area contributed by atoms with Crippen LogP contribution in [0.4, 0.5) is 4.39 Å². The third-order valence-electron chi connectivity index (χ3n) is 3.45. The Morgan fingerprint density at radius 1 is 1.21 bits per heavy atom. The summed E-state index contributed by atoms with van der Waals surface area (Å²) in [5.41, 5.74) is 1.81. The molecule has 5 nitrogen and oxygen atoms in total. The zero-order chi connectivity index (χ0) is 17.2. The number of nitrogens with one attached hydrogen (secondary N) is 2. The summed E-state index contributed by atoms with van der Waals surface area (Å²) in [6, 6.07) is 12.1. The molecule has 1 aromatic heterocycles. The first-order chi connectivity index (χ1) is 11.7. The van der Waals surface area contributed by atoms with Gasteiger partial charge in [-0.25, -0.2) is 9.38 Å². The van der Waals surface area contributed by atoms with Gasteiger partial charge in [0.15, 0.2) is 5.96 Å². The molecule has 0 bridgehead atoms. The van der Waals surface area contributed by atoms with Gasteiger partial charge >= 0.3 is 0 Å². The normalized spacial score (nSPS) is 12.7. The molecule has 0 radical (unpaired) electrons. The van der Waals surface area contributed by atoms with Crippen molar-refractivity contribution in [1.82, 2.24) is 15.6 Å². The van der Waals surface area contributed by atoms with Crippen LogP contribution in [0.3, 0.4) is 0 Å². The number of pyridine rings is 1. The average Bonchev–Trinajstić information content (AvgIpc) is 2.62. The van der Waals surface area contributed by atoms with Gasteiger partial charge in [-0.05, 0) is 36.8 Å². The molecule has 24 heavy (non-hydrogen) atoms. The second-order valence-corrected chi connectivity index (χ2v) is 5.17. The zero-order valence-corrected chi connectivity index (χ0v) is 14.0. The van der Waals surface area contributed by atoms with Crippen LogP contribution in [-0.4, -0.2) is 31.1 Å². The van der Waals surface area contributed by atoms with Gasteiger partial charge in [-0.1, -0.05) is 18.2 Å². The van der Waals surface area contributed by atoms with Gasteiger partial charge in [0.1, 0.15) is 5.82 Å². The van der Waals surface area contributed by atoms with Crippen LogP contribution >= 0.6 is 0 Å². The quantitative estimate of drug-likeness (QED) is 0.605. The Kier molecular flexibility index (Phi) is 7.17. The van der Waals surface area contributed by atoms with Crippen LogP contribution in [0.1, 0.15) is 24.3 Å². The molecule has 0 aliphatic rings. The number of guanidine groups is 1. The summed E-state index contributed by atoms with van der Waals surface area (Å²) in [5, 5.41) is 6.44. The summed E-state index contributed by atoms with van der Waals surface area (Å²) in [6.45, 7) is 3.77. The lowest BCUT2D eigenvalue weighted by Crippen LogP contribution is -2.39. The van der Waals surface area contributed by atoms with E-state index in [1.807, 2.05) is 25.1 Å². The SMILES string of the molecule is CCNC(=NCc1ccccn1)NCC(OC)c1ccc(F)cc1. The third-order valence-corrected chi connectivity index (χ3v) is 3.45. The Balaban J connectivity index is 1.97. The van der Waals surface area contributed by atoms with E-state index in [2.05, 4.69) is 20.6 Å². The van der Waals surface area contributed by atoms with Crippen molar-refractivity contribution in [3.63, 3.8) is 0 Å². The van der Waals surface area contributed by atoms with Crippen LogP contribution in [0.5, 0.6) is 0 Å². The molecule has 0 saturated carbocycles. The minimum atomic E-state index is -0.258. The highest BCUT2D eigenvalue weighted by molar-refractivity contribution is 5.79. The van der Waals surface area contributed by atoms with Gasteiger partial charge in [0.25, 0.3) is 0 Å². The summed E-state index contributed by atoms with van der Waals surface area (Å²) in [5.74, 6) is 0.430. The molecule has 0 fully saturated rings. The number of aliphatic imine (C=N–C) groups is 1. The number of methoxy groups -OCH3 is 1. The van der Waals surface area contributed by atoms with Crippen LogP contribution in [0.25, 0.3) is 0 Å². The van der Waals surface area contributed by atoms with E-state index in [0.29, 0.717) is 19.0 Å². The van der Waals surface area contributed by atoms with E-state index in [1.54, 1.807) is 25.4 Å². The molecule has 0 aliphatic heterocycles. The smallest absolute Gasteiger partial charge is 0.191 e. The highest BCUT2D eigenvalue weighted by atomic mass is 19.1. The predicted octanol–water partition coefficient (Wildman–Crippen LogP) is 2.66. The zero-order valence-electron chi connectivity index (χ0n) is 14.0. The molecule has 0 aliphatic carbocycles. The molecule has 1 heterocycles. The minimum Gasteiger partial charge on any atom is -0.375 e. The van der Waals surface area contributed by atoms with Crippen molar-refractivity contribution in [3.8, 4) is 0 Å². The van der Waals surface area contributed by atoms with Crippen LogP contribution in [-0.2, 0) is 11.3 Å². The number of ether oxygens (including phenoxy) is 1. The second kappa shape index (κ2) is 9.62. The standard InChI is InChI=1S/C18H23FN4O/c1-3-20-18(22-12-16-6-4-5-11-21-16)23-13-17(24-2)14-7-9-15(19)10-8-14/h4-11,17H,3,12-13H2,1-2H3,(H2,20,22,23). The lowest BCUT2D eigenvalue weighted by Gasteiger charge is -2.18. The van der Waals surface area contributed by atoms with Gasteiger partial charge in [0, 0.05) is 26.4 Å². The summed E-state index contributed by atoms with van der Waals surface area (Å²) in [7, 11) is 1.63. The second-order valence-electron chi connectivity index (χ2n) is 5.17. The Morgan fingerprint density at radius 3 is 2.62 bits per heavy atom. The van der Waals surface area contributed by atoms with E-state index in [9.17, 15) is 4.39 Å². The number of aromatic nitrogens is 1. The van der Waals surface area contributed by atoms with E-state index in [1.165, 1.54) is 12.1 Å². The fourth-order valence-electron chi connectivity index (χ4n) is 2.20. The summed E-state index contributed by atoms with van der Waals surface area (Å²) >= 11 is 0. The van der Waals surface area contributed by atoms with E-state index >= 15 is 0 Å². The molecule has 2 rings (SSSR count). The van der Waals surface area contributed by atoms with Gasteiger partial charge in [0.2, 0.25) is 0 Å². The molecule has 1 atom stereocenters. The van der Waals surface area contributed by atoms with E-state index in [4.69, 9.17) is 4.74 Å². The van der Waals surface area contributed by atoms with Crippen molar-refractivity contribution in [2.45, 2.75) is 19.6 Å². The van der Waals surface area contributed by atoms with Gasteiger partial charge in [-0.3, -0.25) is 4.98 Å². The third kappa shape index (κ3) is 5.62.